The highest BCUT2D eigenvalue weighted by atomic mass is 16.5. The minimum absolute atomic E-state index is 0.0172. The number of amides is 2. The number of carbonyl (C=O) groups is 2. The highest BCUT2D eigenvalue weighted by molar-refractivity contribution is 5.93. The summed E-state index contributed by atoms with van der Waals surface area (Å²) in [4.78, 5) is 26.0. The van der Waals surface area contributed by atoms with Crippen molar-refractivity contribution in [1.82, 2.24) is 15.1 Å². The van der Waals surface area contributed by atoms with E-state index in [0.29, 0.717) is 36.8 Å². The van der Waals surface area contributed by atoms with Gasteiger partial charge in [0.1, 0.15) is 24.7 Å². The van der Waals surface area contributed by atoms with Crippen LogP contribution in [0.25, 0.3) is 0 Å². The van der Waals surface area contributed by atoms with E-state index in [1.54, 1.807) is 23.1 Å². The summed E-state index contributed by atoms with van der Waals surface area (Å²) in [6.45, 7) is 3.08. The number of benzene rings is 1. The summed E-state index contributed by atoms with van der Waals surface area (Å²) in [7, 11) is 1.46. The second-order valence-corrected chi connectivity index (χ2v) is 5.82. The third kappa shape index (κ3) is 3.97. The number of fused-ring (bicyclic) bond motifs is 1. The van der Waals surface area contributed by atoms with E-state index in [-0.39, 0.29) is 18.4 Å². The summed E-state index contributed by atoms with van der Waals surface area (Å²) in [6.07, 6.45) is 0. The van der Waals surface area contributed by atoms with E-state index < -0.39 is 0 Å². The summed E-state index contributed by atoms with van der Waals surface area (Å²) in [5, 5.41) is 9.56. The summed E-state index contributed by atoms with van der Waals surface area (Å²) in [5.74, 6) is 0.310. The molecule has 0 unspecified atom stereocenters. The van der Waals surface area contributed by atoms with Crippen molar-refractivity contribution in [2.24, 2.45) is 0 Å². The molecule has 2 heterocycles. The largest absolute Gasteiger partial charge is 0.491 e. The van der Waals surface area contributed by atoms with Crippen LogP contribution in [0.3, 0.4) is 0 Å². The molecule has 0 spiro atoms. The number of H-pyrrole nitrogens is 1. The average molecular weight is 344 g/mol. The molecule has 2 aromatic rings. The number of aromatic nitrogens is 2. The van der Waals surface area contributed by atoms with Crippen LogP contribution in [-0.4, -0.2) is 53.8 Å². The van der Waals surface area contributed by atoms with Crippen molar-refractivity contribution in [3.8, 4) is 5.75 Å². The number of methoxy groups -OCH3 is 1. The van der Waals surface area contributed by atoms with Crippen LogP contribution in [0, 0.1) is 6.92 Å². The molecule has 3 rings (SSSR count). The Balaban J connectivity index is 1.78. The number of hydrogen-bond acceptors (Lipinski definition) is 5. The van der Waals surface area contributed by atoms with E-state index in [0.717, 1.165) is 11.3 Å². The number of aromatic amines is 1. The lowest BCUT2D eigenvalue weighted by Gasteiger charge is -2.18. The molecule has 132 valence electrons. The predicted octanol–water partition coefficient (Wildman–Crippen LogP) is 1.34. The molecule has 2 N–H and O–H groups in total. The Labute approximate surface area is 145 Å². The quantitative estimate of drug-likeness (QED) is 0.872. The zero-order chi connectivity index (χ0) is 17.8. The van der Waals surface area contributed by atoms with Crippen molar-refractivity contribution in [3.63, 3.8) is 0 Å². The van der Waals surface area contributed by atoms with Crippen LogP contribution in [0.2, 0.25) is 0 Å². The minimum Gasteiger partial charge on any atom is -0.491 e. The molecule has 0 atom stereocenters. The van der Waals surface area contributed by atoms with Gasteiger partial charge < -0.3 is 19.7 Å². The first kappa shape index (κ1) is 17.0. The Bertz CT molecular complexity index is 787. The fourth-order valence-corrected chi connectivity index (χ4v) is 2.66. The number of carbonyl (C=O) groups excluding carboxylic acids is 2. The molecule has 1 aliphatic rings. The molecule has 0 radical (unpaired) electrons. The molecule has 8 nitrogen and oxygen atoms in total. The molecule has 0 aliphatic carbocycles. The number of ether oxygens (including phenoxy) is 2. The van der Waals surface area contributed by atoms with Gasteiger partial charge in [-0.25, -0.2) is 0 Å². The predicted molar refractivity (Wildman–Crippen MR) is 90.5 cm³/mol. The summed E-state index contributed by atoms with van der Waals surface area (Å²) in [5.41, 5.74) is 2.67. The van der Waals surface area contributed by atoms with E-state index in [1.165, 1.54) is 7.11 Å². The smallest absolute Gasteiger partial charge is 0.274 e. The first-order chi connectivity index (χ1) is 12.1. The molecule has 0 saturated carbocycles. The topological polar surface area (TPSA) is 96.6 Å². The van der Waals surface area contributed by atoms with Crippen molar-refractivity contribution >= 4 is 17.5 Å². The highest BCUT2D eigenvalue weighted by Crippen LogP contribution is 2.27. The first-order valence-electron chi connectivity index (χ1n) is 7.92. The van der Waals surface area contributed by atoms with Gasteiger partial charge in [-0.1, -0.05) is 0 Å². The number of hydrogen-bond donors (Lipinski definition) is 2. The fourth-order valence-electron chi connectivity index (χ4n) is 2.66. The number of aryl methyl sites for hydroxylation is 1. The van der Waals surface area contributed by atoms with Crippen molar-refractivity contribution in [3.05, 3.63) is 41.2 Å². The lowest BCUT2D eigenvalue weighted by molar-refractivity contribution is -0.119. The Hall–Kier alpha value is -2.87. The first-order valence-corrected chi connectivity index (χ1v) is 7.92. The molecular formula is C17H20N4O4. The fraction of sp³-hybridized carbons (Fsp3) is 0.353. The molecule has 0 saturated heterocycles. The monoisotopic (exact) mass is 344 g/mol. The van der Waals surface area contributed by atoms with Crippen LogP contribution < -0.4 is 10.1 Å². The molecule has 1 aromatic carbocycles. The van der Waals surface area contributed by atoms with Gasteiger partial charge in [-0.05, 0) is 31.2 Å². The second kappa shape index (κ2) is 7.35. The van der Waals surface area contributed by atoms with Gasteiger partial charge in [-0.3, -0.25) is 14.7 Å². The maximum absolute atomic E-state index is 12.6. The van der Waals surface area contributed by atoms with Crippen molar-refractivity contribution in [2.75, 3.05) is 32.2 Å². The standard InChI is InChI=1S/C17H20N4O4/c1-11-7-14(20-19-11)17(23)21-5-6-25-15-4-3-13(8-12(15)9-21)18-16(22)10-24-2/h3-4,7-8H,5-6,9-10H2,1-2H3,(H,18,22)(H,19,20). The lowest BCUT2D eigenvalue weighted by Crippen LogP contribution is -2.32. The molecular weight excluding hydrogens is 324 g/mol. The number of rotatable bonds is 4. The summed E-state index contributed by atoms with van der Waals surface area (Å²) < 4.78 is 10.5. The van der Waals surface area contributed by atoms with E-state index >= 15 is 0 Å². The highest BCUT2D eigenvalue weighted by Gasteiger charge is 2.23. The van der Waals surface area contributed by atoms with Crippen LogP contribution >= 0.6 is 0 Å². The van der Waals surface area contributed by atoms with Crippen LogP contribution in [0.15, 0.2) is 24.3 Å². The van der Waals surface area contributed by atoms with E-state index in [2.05, 4.69) is 15.5 Å². The molecule has 0 bridgehead atoms. The van der Waals surface area contributed by atoms with Crippen LogP contribution in [-0.2, 0) is 16.1 Å². The Morgan fingerprint density at radius 2 is 2.24 bits per heavy atom. The van der Waals surface area contributed by atoms with Gasteiger partial charge in [0.25, 0.3) is 5.91 Å². The van der Waals surface area contributed by atoms with Gasteiger partial charge in [0.15, 0.2) is 0 Å². The average Bonchev–Trinajstić information content (AvgIpc) is 2.90. The molecule has 2 amide bonds. The normalized spacial score (nSPS) is 13.6. The van der Waals surface area contributed by atoms with Crippen LogP contribution in [0.1, 0.15) is 21.7 Å². The second-order valence-electron chi connectivity index (χ2n) is 5.82. The van der Waals surface area contributed by atoms with Crippen LogP contribution in [0.5, 0.6) is 5.75 Å². The third-order valence-electron chi connectivity index (χ3n) is 3.81. The Morgan fingerprint density at radius 1 is 1.40 bits per heavy atom. The summed E-state index contributed by atoms with van der Waals surface area (Å²) in [6, 6.07) is 7.09. The molecule has 25 heavy (non-hydrogen) atoms. The molecule has 1 aromatic heterocycles. The zero-order valence-corrected chi connectivity index (χ0v) is 14.2. The van der Waals surface area contributed by atoms with E-state index in [1.807, 2.05) is 13.0 Å². The van der Waals surface area contributed by atoms with Gasteiger partial charge in [0.05, 0.1) is 6.54 Å². The molecule has 1 aliphatic heterocycles. The van der Waals surface area contributed by atoms with Gasteiger partial charge >= 0.3 is 0 Å². The summed E-state index contributed by atoms with van der Waals surface area (Å²) >= 11 is 0. The van der Waals surface area contributed by atoms with Crippen molar-refractivity contribution in [1.29, 1.82) is 0 Å². The van der Waals surface area contributed by atoms with Crippen molar-refractivity contribution in [2.45, 2.75) is 13.5 Å². The number of anilines is 1. The van der Waals surface area contributed by atoms with Gasteiger partial charge in [0.2, 0.25) is 5.91 Å². The van der Waals surface area contributed by atoms with Gasteiger partial charge in [-0.2, -0.15) is 5.10 Å². The van der Waals surface area contributed by atoms with E-state index in [9.17, 15) is 9.59 Å². The number of nitrogens with one attached hydrogen (secondary N) is 2. The number of nitrogens with zero attached hydrogens (tertiary/aromatic N) is 2. The maximum Gasteiger partial charge on any atom is 0.274 e. The van der Waals surface area contributed by atoms with E-state index in [4.69, 9.17) is 9.47 Å². The third-order valence-corrected chi connectivity index (χ3v) is 3.81. The zero-order valence-electron chi connectivity index (χ0n) is 14.2. The molecule has 0 fully saturated rings. The SMILES string of the molecule is COCC(=O)Nc1ccc2c(c1)CN(C(=O)c1cc(C)[nH]n1)CCO2. The maximum atomic E-state index is 12.6. The minimum atomic E-state index is -0.239. The van der Waals surface area contributed by atoms with Crippen molar-refractivity contribution < 1.29 is 19.1 Å². The van der Waals surface area contributed by atoms with Gasteiger partial charge in [-0.15, -0.1) is 0 Å². The Kier molecular flexibility index (Phi) is 4.99. The molecule has 8 heteroatoms. The Morgan fingerprint density at radius 3 is 2.96 bits per heavy atom. The lowest BCUT2D eigenvalue weighted by atomic mass is 10.1. The van der Waals surface area contributed by atoms with Gasteiger partial charge in [0, 0.05) is 30.6 Å². The van der Waals surface area contributed by atoms with Crippen LogP contribution in [0.4, 0.5) is 5.69 Å².